The van der Waals surface area contributed by atoms with E-state index >= 15 is 0 Å². The number of carbonyl (C=O) groups excluding carboxylic acids is 2. The molecule has 1 atom stereocenters. The number of nitrogens with one attached hydrogen (secondary N) is 1. The first kappa shape index (κ1) is 19.9. The second-order valence-electron chi connectivity index (χ2n) is 7.28. The largest absolute Gasteiger partial charge is 0.416 e. The van der Waals surface area contributed by atoms with Gasteiger partial charge in [0.1, 0.15) is 5.92 Å². The highest BCUT2D eigenvalue weighted by Crippen LogP contribution is 2.30. The lowest BCUT2D eigenvalue weighted by Crippen LogP contribution is -2.36. The molecule has 1 aliphatic heterocycles. The Hall–Kier alpha value is -3.35. The number of anilines is 1. The second kappa shape index (κ2) is 7.82. The Morgan fingerprint density at radius 1 is 1.00 bits per heavy atom. The fourth-order valence-corrected chi connectivity index (χ4v) is 3.69. The molecule has 0 radical (unpaired) electrons. The summed E-state index contributed by atoms with van der Waals surface area (Å²) < 4.78 is 38.5. The number of fused-ring (bicyclic) bond motifs is 1. The fraction of sp³-hybridized carbons (Fsp3) is 0.217. The number of halogens is 3. The fourth-order valence-electron chi connectivity index (χ4n) is 3.69. The van der Waals surface area contributed by atoms with E-state index in [4.69, 9.17) is 0 Å². The minimum absolute atomic E-state index is 0.0670. The van der Waals surface area contributed by atoms with Crippen molar-refractivity contribution >= 4 is 28.3 Å². The number of benzene rings is 3. The van der Waals surface area contributed by atoms with Gasteiger partial charge in [0.15, 0.2) is 0 Å². The van der Waals surface area contributed by atoms with Crippen LogP contribution in [0.4, 0.5) is 18.9 Å². The molecule has 1 N–H and O–H groups in total. The lowest BCUT2D eigenvalue weighted by molar-refractivity contribution is -0.137. The van der Waals surface area contributed by atoms with Crippen molar-refractivity contribution in [2.75, 3.05) is 11.4 Å². The number of alkyl halides is 3. The maximum absolute atomic E-state index is 12.8. The maximum Gasteiger partial charge on any atom is 0.416 e. The Kier molecular flexibility index (Phi) is 5.20. The van der Waals surface area contributed by atoms with Gasteiger partial charge in [0.2, 0.25) is 11.8 Å². The Morgan fingerprint density at radius 3 is 2.53 bits per heavy atom. The summed E-state index contributed by atoms with van der Waals surface area (Å²) in [5, 5.41) is 4.66. The van der Waals surface area contributed by atoms with E-state index in [-0.39, 0.29) is 12.5 Å². The zero-order chi connectivity index (χ0) is 21.3. The van der Waals surface area contributed by atoms with Gasteiger partial charge < -0.3 is 10.2 Å². The van der Waals surface area contributed by atoms with Crippen LogP contribution in [0.3, 0.4) is 0 Å². The summed E-state index contributed by atoms with van der Waals surface area (Å²) in [6.07, 6.45) is -4.08. The molecule has 30 heavy (non-hydrogen) atoms. The van der Waals surface area contributed by atoms with Crippen LogP contribution >= 0.6 is 0 Å². The molecule has 1 heterocycles. The summed E-state index contributed by atoms with van der Waals surface area (Å²) in [6.45, 7) is 0.349. The van der Waals surface area contributed by atoms with Crippen LogP contribution in [0, 0.1) is 5.92 Å². The quantitative estimate of drug-likeness (QED) is 0.641. The highest BCUT2D eigenvalue weighted by atomic mass is 19.4. The molecule has 154 valence electrons. The Morgan fingerprint density at radius 2 is 1.77 bits per heavy atom. The third kappa shape index (κ3) is 4.01. The van der Waals surface area contributed by atoms with E-state index in [1.54, 1.807) is 4.90 Å². The number of hydrogen-bond donors (Lipinski definition) is 1. The van der Waals surface area contributed by atoms with E-state index < -0.39 is 23.6 Å². The normalized spacial score (nSPS) is 16.8. The predicted molar refractivity (Wildman–Crippen MR) is 108 cm³/mol. The Balaban J connectivity index is 1.42. The molecule has 1 aliphatic rings. The first-order chi connectivity index (χ1) is 14.3. The average Bonchev–Trinajstić information content (AvgIpc) is 3.12. The molecule has 4 nitrogen and oxygen atoms in total. The van der Waals surface area contributed by atoms with Crippen molar-refractivity contribution in [3.8, 4) is 0 Å². The molecule has 7 heteroatoms. The van der Waals surface area contributed by atoms with Gasteiger partial charge in [-0.25, -0.2) is 0 Å². The van der Waals surface area contributed by atoms with E-state index in [1.807, 2.05) is 42.5 Å². The first-order valence-electron chi connectivity index (χ1n) is 9.57. The van der Waals surface area contributed by atoms with E-state index in [1.165, 1.54) is 12.1 Å². The average molecular weight is 412 g/mol. The highest BCUT2D eigenvalue weighted by Gasteiger charge is 2.37. The number of nitrogens with zero attached hydrogens (tertiary/aromatic N) is 1. The molecule has 2 amide bonds. The van der Waals surface area contributed by atoms with Crippen LogP contribution in [-0.2, 0) is 22.3 Å². The van der Waals surface area contributed by atoms with Crippen LogP contribution in [0.15, 0.2) is 66.7 Å². The van der Waals surface area contributed by atoms with Crippen molar-refractivity contribution in [1.82, 2.24) is 5.32 Å². The van der Waals surface area contributed by atoms with Crippen LogP contribution in [0.25, 0.3) is 10.8 Å². The number of carbonyl (C=O) groups is 2. The molecule has 1 saturated heterocycles. The second-order valence-corrected chi connectivity index (χ2v) is 7.28. The third-order valence-corrected chi connectivity index (χ3v) is 5.29. The van der Waals surface area contributed by atoms with Gasteiger partial charge in [-0.1, -0.05) is 42.5 Å². The van der Waals surface area contributed by atoms with Crippen LogP contribution in [0.2, 0.25) is 0 Å². The minimum atomic E-state index is -4.44. The molecule has 0 aromatic heterocycles. The molecule has 0 spiro atoms. The number of amides is 2. The zero-order valence-corrected chi connectivity index (χ0v) is 15.9. The monoisotopic (exact) mass is 412 g/mol. The van der Waals surface area contributed by atoms with Crippen LogP contribution in [0.1, 0.15) is 17.5 Å². The van der Waals surface area contributed by atoms with E-state index in [0.29, 0.717) is 18.5 Å². The molecular formula is C23H19F3N2O2. The molecule has 4 rings (SSSR count). The van der Waals surface area contributed by atoms with Crippen molar-refractivity contribution in [3.05, 3.63) is 77.9 Å². The Labute approximate surface area is 171 Å². The van der Waals surface area contributed by atoms with Gasteiger partial charge in [-0.3, -0.25) is 9.59 Å². The molecule has 0 bridgehead atoms. The van der Waals surface area contributed by atoms with E-state index in [0.717, 1.165) is 28.6 Å². The van der Waals surface area contributed by atoms with Gasteiger partial charge in [0.25, 0.3) is 0 Å². The van der Waals surface area contributed by atoms with Crippen LogP contribution in [0.5, 0.6) is 0 Å². The van der Waals surface area contributed by atoms with Crippen molar-refractivity contribution in [2.24, 2.45) is 5.92 Å². The lowest BCUT2D eigenvalue weighted by Gasteiger charge is -2.17. The van der Waals surface area contributed by atoms with Gasteiger partial charge in [-0.2, -0.15) is 13.2 Å². The molecule has 1 unspecified atom stereocenters. The number of rotatable bonds is 4. The predicted octanol–water partition coefficient (Wildman–Crippen LogP) is 4.53. The van der Waals surface area contributed by atoms with Gasteiger partial charge in [0, 0.05) is 18.8 Å². The highest BCUT2D eigenvalue weighted by molar-refractivity contribution is 6.10. The molecule has 0 aliphatic carbocycles. The summed E-state index contributed by atoms with van der Waals surface area (Å²) in [7, 11) is 0. The molecule has 1 fully saturated rings. The minimum Gasteiger partial charge on any atom is -0.351 e. The molecule has 0 saturated carbocycles. The van der Waals surface area contributed by atoms with E-state index in [2.05, 4.69) is 5.32 Å². The van der Waals surface area contributed by atoms with Crippen molar-refractivity contribution in [2.45, 2.75) is 19.1 Å². The third-order valence-electron chi connectivity index (χ3n) is 5.29. The summed E-state index contributed by atoms with van der Waals surface area (Å²) in [4.78, 5) is 26.9. The summed E-state index contributed by atoms with van der Waals surface area (Å²) in [5.74, 6) is -1.62. The van der Waals surface area contributed by atoms with Crippen LogP contribution < -0.4 is 10.2 Å². The Bertz CT molecular complexity index is 1110. The summed E-state index contributed by atoms with van der Waals surface area (Å²) in [5.41, 5.74) is 0.288. The number of hydrogen-bond acceptors (Lipinski definition) is 2. The van der Waals surface area contributed by atoms with Gasteiger partial charge in [0.05, 0.1) is 5.56 Å². The standard InChI is InChI=1S/C23H19F3N2O2/c24-23(25,26)18-7-3-4-15(12-18)14-27-21(29)20-10-11-28(22(20)30)19-9-8-16-5-1-2-6-17(16)13-19/h1-9,12-13,20H,10-11,14H2,(H,27,29). The van der Waals surface area contributed by atoms with Crippen molar-refractivity contribution in [3.63, 3.8) is 0 Å². The summed E-state index contributed by atoms with van der Waals surface area (Å²) >= 11 is 0. The van der Waals surface area contributed by atoms with Crippen LogP contribution in [-0.4, -0.2) is 18.4 Å². The topological polar surface area (TPSA) is 49.4 Å². The molecule has 3 aromatic carbocycles. The smallest absolute Gasteiger partial charge is 0.351 e. The van der Waals surface area contributed by atoms with Crippen molar-refractivity contribution < 1.29 is 22.8 Å². The van der Waals surface area contributed by atoms with E-state index in [9.17, 15) is 22.8 Å². The maximum atomic E-state index is 12.8. The first-order valence-corrected chi connectivity index (χ1v) is 9.57. The van der Waals surface area contributed by atoms with Crippen molar-refractivity contribution in [1.29, 1.82) is 0 Å². The SMILES string of the molecule is O=C(NCc1cccc(C(F)(F)F)c1)C1CCN(c2ccc3ccccc3c2)C1=O. The van der Waals surface area contributed by atoms with Gasteiger partial charge in [-0.15, -0.1) is 0 Å². The zero-order valence-electron chi connectivity index (χ0n) is 15.9. The lowest BCUT2D eigenvalue weighted by atomic mass is 10.1. The summed E-state index contributed by atoms with van der Waals surface area (Å²) in [6, 6.07) is 18.3. The van der Waals surface area contributed by atoms with Gasteiger partial charge in [-0.05, 0) is 47.0 Å². The van der Waals surface area contributed by atoms with Gasteiger partial charge >= 0.3 is 6.18 Å². The molecular weight excluding hydrogens is 393 g/mol. The molecule has 3 aromatic rings.